The van der Waals surface area contributed by atoms with E-state index in [1.165, 1.54) is 36.2 Å². The van der Waals surface area contributed by atoms with Crippen molar-refractivity contribution in [3.05, 3.63) is 47.8 Å². The third-order valence-electron chi connectivity index (χ3n) is 3.01. The van der Waals surface area contributed by atoms with E-state index in [1.54, 1.807) is 6.07 Å². The lowest BCUT2D eigenvalue weighted by Crippen LogP contribution is -2.26. The van der Waals surface area contributed by atoms with Crippen LogP contribution in [0.4, 0.5) is 13.2 Å². The highest BCUT2D eigenvalue weighted by atomic mass is 32.2. The van der Waals surface area contributed by atoms with Crippen LogP contribution in [0, 0.1) is 0 Å². The van der Waals surface area contributed by atoms with Crippen LogP contribution in [0.15, 0.2) is 36.5 Å². The number of aromatic nitrogens is 2. The van der Waals surface area contributed by atoms with Crippen molar-refractivity contribution in [1.82, 2.24) is 15.1 Å². The molecule has 0 bridgehead atoms. The molecule has 25 heavy (non-hydrogen) atoms. The second-order valence-electron chi connectivity index (χ2n) is 4.90. The van der Waals surface area contributed by atoms with Crippen LogP contribution in [-0.2, 0) is 11.0 Å². The third-order valence-corrected chi connectivity index (χ3v) is 3.95. The number of aliphatic carboxylic acids is 1. The molecule has 0 aliphatic carbocycles. The van der Waals surface area contributed by atoms with Gasteiger partial charge in [0.05, 0.1) is 11.4 Å². The molecule has 1 amide bonds. The first kappa shape index (κ1) is 18.8. The number of carboxylic acid groups (broad SMARTS) is 1. The fraction of sp³-hybridized carbons (Fsp3) is 0.267. The van der Waals surface area contributed by atoms with Gasteiger partial charge >= 0.3 is 12.1 Å². The highest BCUT2D eigenvalue weighted by molar-refractivity contribution is 7.99. The Kier molecular flexibility index (Phi) is 6.07. The number of rotatable bonds is 7. The van der Waals surface area contributed by atoms with Gasteiger partial charge in [0.25, 0.3) is 5.91 Å². The fourth-order valence-electron chi connectivity index (χ4n) is 1.91. The van der Waals surface area contributed by atoms with Crippen molar-refractivity contribution in [3.8, 4) is 5.69 Å². The largest absolute Gasteiger partial charge is 0.481 e. The maximum Gasteiger partial charge on any atom is 0.435 e. The number of hydrogen-bond donors (Lipinski definition) is 2. The van der Waals surface area contributed by atoms with Crippen LogP contribution in [0.1, 0.15) is 16.1 Å². The molecular weight excluding hydrogens is 359 g/mol. The lowest BCUT2D eigenvalue weighted by molar-refractivity contribution is -0.141. The minimum Gasteiger partial charge on any atom is -0.481 e. The Hall–Kier alpha value is -2.49. The molecule has 0 unspecified atom stereocenters. The van der Waals surface area contributed by atoms with Gasteiger partial charge < -0.3 is 10.4 Å². The number of halogens is 3. The van der Waals surface area contributed by atoms with Crippen molar-refractivity contribution < 1.29 is 27.9 Å². The summed E-state index contributed by atoms with van der Waals surface area (Å²) in [5.74, 6) is -0.944. The van der Waals surface area contributed by atoms with E-state index in [-0.39, 0.29) is 17.9 Å². The van der Waals surface area contributed by atoms with Gasteiger partial charge in [0.1, 0.15) is 0 Å². The molecule has 0 radical (unpaired) electrons. The summed E-state index contributed by atoms with van der Waals surface area (Å²) >= 11 is 1.17. The summed E-state index contributed by atoms with van der Waals surface area (Å²) in [7, 11) is 0. The van der Waals surface area contributed by atoms with Gasteiger partial charge in [-0.05, 0) is 24.3 Å². The minimum absolute atomic E-state index is 0.0494. The van der Waals surface area contributed by atoms with Gasteiger partial charge in [-0.1, -0.05) is 6.07 Å². The van der Waals surface area contributed by atoms with Gasteiger partial charge in [-0.25, -0.2) is 4.68 Å². The second kappa shape index (κ2) is 8.06. The highest BCUT2D eigenvalue weighted by Crippen LogP contribution is 2.27. The molecule has 1 aromatic carbocycles. The van der Waals surface area contributed by atoms with Crippen LogP contribution in [0.3, 0.4) is 0 Å². The van der Waals surface area contributed by atoms with Gasteiger partial charge in [0, 0.05) is 24.1 Å². The van der Waals surface area contributed by atoms with E-state index in [2.05, 4.69) is 10.4 Å². The molecule has 134 valence electrons. The SMILES string of the molecule is O=C(O)CSCCNC(=O)c1cccc(-n2ccc(C(F)(F)F)n2)c1. The van der Waals surface area contributed by atoms with Crippen molar-refractivity contribution in [2.75, 3.05) is 18.1 Å². The molecule has 10 heteroatoms. The number of nitrogens with zero attached hydrogens (tertiary/aromatic N) is 2. The van der Waals surface area contributed by atoms with E-state index in [1.807, 2.05) is 0 Å². The molecule has 0 aliphatic rings. The van der Waals surface area contributed by atoms with Crippen molar-refractivity contribution in [3.63, 3.8) is 0 Å². The van der Waals surface area contributed by atoms with Crippen LogP contribution < -0.4 is 5.32 Å². The van der Waals surface area contributed by atoms with E-state index in [0.717, 1.165) is 10.7 Å². The summed E-state index contributed by atoms with van der Waals surface area (Å²) in [4.78, 5) is 22.4. The molecule has 0 spiro atoms. The molecular formula is C15H14F3N3O3S. The Morgan fingerprint density at radius 3 is 2.68 bits per heavy atom. The van der Waals surface area contributed by atoms with Gasteiger partial charge in [0.2, 0.25) is 0 Å². The van der Waals surface area contributed by atoms with Gasteiger partial charge in [-0.3, -0.25) is 9.59 Å². The molecule has 0 atom stereocenters. The van der Waals surface area contributed by atoms with Crippen LogP contribution >= 0.6 is 11.8 Å². The monoisotopic (exact) mass is 373 g/mol. The van der Waals surface area contributed by atoms with E-state index in [4.69, 9.17) is 5.11 Å². The Morgan fingerprint density at radius 2 is 2.04 bits per heavy atom. The average Bonchev–Trinajstić information content (AvgIpc) is 3.04. The molecule has 0 saturated carbocycles. The first-order chi connectivity index (χ1) is 11.8. The van der Waals surface area contributed by atoms with E-state index >= 15 is 0 Å². The molecule has 1 aromatic heterocycles. The lowest BCUT2D eigenvalue weighted by atomic mass is 10.2. The molecule has 6 nitrogen and oxygen atoms in total. The smallest absolute Gasteiger partial charge is 0.435 e. The molecule has 0 saturated heterocycles. The van der Waals surface area contributed by atoms with Crippen LogP contribution in [-0.4, -0.2) is 44.8 Å². The zero-order valence-electron chi connectivity index (χ0n) is 12.8. The summed E-state index contributed by atoms with van der Waals surface area (Å²) in [6.45, 7) is 0.279. The normalized spacial score (nSPS) is 11.3. The van der Waals surface area contributed by atoms with Crippen LogP contribution in [0.5, 0.6) is 0 Å². The second-order valence-corrected chi connectivity index (χ2v) is 6.00. The number of carbonyl (C=O) groups is 2. The number of thioether (sulfide) groups is 1. The number of carboxylic acids is 1. The molecule has 2 N–H and O–H groups in total. The topological polar surface area (TPSA) is 84.2 Å². The van der Waals surface area contributed by atoms with Crippen molar-refractivity contribution in [1.29, 1.82) is 0 Å². The molecule has 0 aliphatic heterocycles. The zero-order valence-corrected chi connectivity index (χ0v) is 13.6. The summed E-state index contributed by atoms with van der Waals surface area (Å²) in [6.07, 6.45) is -3.36. The number of hydrogen-bond acceptors (Lipinski definition) is 4. The van der Waals surface area contributed by atoms with Gasteiger partial charge in [-0.2, -0.15) is 18.3 Å². The summed E-state index contributed by atoms with van der Waals surface area (Å²) in [5.41, 5.74) is -0.425. The van der Waals surface area contributed by atoms with Crippen LogP contribution in [0.25, 0.3) is 5.69 Å². The summed E-state index contributed by atoms with van der Waals surface area (Å²) in [5, 5.41) is 14.6. The summed E-state index contributed by atoms with van der Waals surface area (Å²) in [6, 6.07) is 6.88. The molecule has 0 fully saturated rings. The quantitative estimate of drug-likeness (QED) is 0.729. The predicted molar refractivity (Wildman–Crippen MR) is 85.9 cm³/mol. The Bertz CT molecular complexity index is 762. The zero-order chi connectivity index (χ0) is 18.4. The van der Waals surface area contributed by atoms with Crippen molar-refractivity contribution >= 4 is 23.6 Å². The fourth-order valence-corrected chi connectivity index (χ4v) is 2.47. The van der Waals surface area contributed by atoms with Gasteiger partial charge in [-0.15, -0.1) is 11.8 Å². The maximum atomic E-state index is 12.6. The molecule has 1 heterocycles. The van der Waals surface area contributed by atoms with E-state index < -0.39 is 23.7 Å². The number of amides is 1. The van der Waals surface area contributed by atoms with Crippen LogP contribution in [0.2, 0.25) is 0 Å². The van der Waals surface area contributed by atoms with Crippen molar-refractivity contribution in [2.24, 2.45) is 0 Å². The average molecular weight is 373 g/mol. The Morgan fingerprint density at radius 1 is 1.28 bits per heavy atom. The standard InChI is InChI=1S/C15H14F3N3O3S/c16-15(17,18)12-4-6-21(20-12)11-3-1-2-10(8-11)14(24)19-5-7-25-9-13(22)23/h1-4,6,8H,5,7,9H2,(H,19,24)(H,22,23). The van der Waals surface area contributed by atoms with E-state index in [0.29, 0.717) is 11.4 Å². The molecule has 2 rings (SSSR count). The Labute approximate surface area is 145 Å². The van der Waals surface area contributed by atoms with Gasteiger partial charge in [0.15, 0.2) is 5.69 Å². The number of alkyl halides is 3. The highest BCUT2D eigenvalue weighted by Gasteiger charge is 2.33. The van der Waals surface area contributed by atoms with Crippen molar-refractivity contribution in [2.45, 2.75) is 6.18 Å². The number of carbonyl (C=O) groups excluding carboxylic acids is 1. The number of nitrogens with one attached hydrogen (secondary N) is 1. The first-order valence-electron chi connectivity index (χ1n) is 7.08. The lowest BCUT2D eigenvalue weighted by Gasteiger charge is -2.07. The minimum atomic E-state index is -4.53. The number of benzene rings is 1. The maximum absolute atomic E-state index is 12.6. The third kappa shape index (κ3) is 5.52. The summed E-state index contributed by atoms with van der Waals surface area (Å²) < 4.78 is 38.8. The molecule has 2 aromatic rings. The first-order valence-corrected chi connectivity index (χ1v) is 8.24. The Balaban J connectivity index is 1.99. The van der Waals surface area contributed by atoms with E-state index in [9.17, 15) is 22.8 Å². The predicted octanol–water partition coefficient (Wildman–Crippen LogP) is 2.44.